The minimum Gasteiger partial charge on any atom is -0.550 e. The van der Waals surface area contributed by atoms with E-state index in [9.17, 15) is 14.7 Å². The molecular formula is C19H22NO4-. The van der Waals surface area contributed by atoms with Gasteiger partial charge in [0.05, 0.1) is 18.6 Å². The van der Waals surface area contributed by atoms with Crippen LogP contribution in [-0.4, -0.2) is 41.6 Å². The second-order valence-electron chi connectivity index (χ2n) is 8.73. The number of amides is 1. The number of likely N-dealkylation sites (tertiary alicyclic amines) is 1. The summed E-state index contributed by atoms with van der Waals surface area (Å²) in [6.45, 7) is 5.70. The van der Waals surface area contributed by atoms with Crippen molar-refractivity contribution in [3.63, 3.8) is 0 Å². The first-order valence-corrected chi connectivity index (χ1v) is 8.89. The van der Waals surface area contributed by atoms with E-state index in [-0.39, 0.29) is 5.91 Å². The fraction of sp³-hybridized carbons (Fsp3) is 0.684. The number of rotatable bonds is 3. The number of nitrogens with zero attached hydrogens (tertiary/aromatic N) is 1. The lowest BCUT2D eigenvalue weighted by Crippen LogP contribution is -2.50. The molecule has 3 aliphatic heterocycles. The Bertz CT molecular complexity index is 708. The molecule has 3 aliphatic carbocycles. The average Bonchev–Trinajstić information content (AvgIpc) is 3.16. The third-order valence-electron chi connectivity index (χ3n) is 7.41. The van der Waals surface area contributed by atoms with Gasteiger partial charge in [0, 0.05) is 18.4 Å². The molecule has 0 aromatic rings. The molecule has 0 radical (unpaired) electrons. The predicted molar refractivity (Wildman–Crippen MR) is 83.4 cm³/mol. The molecule has 6 atom stereocenters. The van der Waals surface area contributed by atoms with Gasteiger partial charge in [0.1, 0.15) is 5.60 Å². The van der Waals surface area contributed by atoms with Crippen LogP contribution in [0.5, 0.6) is 0 Å². The Morgan fingerprint density at radius 3 is 2.92 bits per heavy atom. The summed E-state index contributed by atoms with van der Waals surface area (Å²) in [5.41, 5.74) is 0.915. The molecule has 0 unspecified atom stereocenters. The molecule has 0 aromatic carbocycles. The minimum absolute atomic E-state index is 0.0868. The molecule has 2 saturated heterocycles. The standard InChI is InChI=1S/C19H23NO4/c1-18(2)11-4-3-10(12(18)7-11)8-20-9-19-6-5-13(24-19)14(17(22)23)15(19)16(20)21/h3,5-6,11-15H,4,7-9H2,1-2H3,(H,22,23)/p-1/t11-,12-,13-,14-,15+,19+/m0/s1. The summed E-state index contributed by atoms with van der Waals surface area (Å²) in [4.78, 5) is 26.3. The Morgan fingerprint density at radius 2 is 2.25 bits per heavy atom. The van der Waals surface area contributed by atoms with Gasteiger partial charge in [-0.3, -0.25) is 4.79 Å². The summed E-state index contributed by atoms with van der Waals surface area (Å²) in [6.07, 6.45) is 7.79. The van der Waals surface area contributed by atoms with Gasteiger partial charge < -0.3 is 19.5 Å². The lowest BCUT2D eigenvalue weighted by atomic mass is 9.49. The van der Waals surface area contributed by atoms with E-state index in [0.717, 1.165) is 12.3 Å². The van der Waals surface area contributed by atoms with Gasteiger partial charge in [-0.05, 0) is 30.1 Å². The monoisotopic (exact) mass is 328 g/mol. The van der Waals surface area contributed by atoms with E-state index in [1.165, 1.54) is 12.0 Å². The molecule has 0 N–H and O–H groups in total. The van der Waals surface area contributed by atoms with Crippen LogP contribution in [0.15, 0.2) is 23.8 Å². The summed E-state index contributed by atoms with van der Waals surface area (Å²) in [5, 5.41) is 11.5. The van der Waals surface area contributed by atoms with E-state index in [1.54, 1.807) is 6.08 Å². The van der Waals surface area contributed by atoms with Crippen LogP contribution in [0.25, 0.3) is 0 Å². The van der Waals surface area contributed by atoms with Gasteiger partial charge in [-0.1, -0.05) is 37.6 Å². The molecule has 5 heteroatoms. The fourth-order valence-electron chi connectivity index (χ4n) is 5.86. The zero-order valence-electron chi connectivity index (χ0n) is 14.0. The molecule has 4 bridgehead atoms. The second-order valence-corrected chi connectivity index (χ2v) is 8.73. The molecule has 128 valence electrons. The number of carboxylic acid groups (broad SMARTS) is 1. The van der Waals surface area contributed by atoms with Gasteiger partial charge in [0.15, 0.2) is 0 Å². The van der Waals surface area contributed by atoms with Gasteiger partial charge >= 0.3 is 0 Å². The SMILES string of the molecule is CC1(C)[C@H]2CC=C(CN3C[C@@]45C=C[C@H](O4)[C@H](C(=O)[O-])[C@@H]5C3=O)[C@@H]1C2. The van der Waals surface area contributed by atoms with E-state index in [1.807, 2.05) is 11.0 Å². The summed E-state index contributed by atoms with van der Waals surface area (Å²) < 4.78 is 5.91. The van der Waals surface area contributed by atoms with Gasteiger partial charge in [-0.25, -0.2) is 0 Å². The van der Waals surface area contributed by atoms with Crippen LogP contribution < -0.4 is 5.11 Å². The largest absolute Gasteiger partial charge is 0.550 e. The molecule has 1 amide bonds. The Labute approximate surface area is 141 Å². The van der Waals surface area contributed by atoms with Crippen molar-refractivity contribution in [2.24, 2.45) is 29.1 Å². The Hall–Kier alpha value is -1.62. The van der Waals surface area contributed by atoms with Gasteiger partial charge in [-0.2, -0.15) is 0 Å². The molecule has 5 nitrogen and oxygen atoms in total. The summed E-state index contributed by atoms with van der Waals surface area (Å²) in [6, 6.07) is 0. The maximum atomic E-state index is 12.9. The number of carbonyl (C=O) groups excluding carboxylic acids is 2. The average molecular weight is 328 g/mol. The number of hydrogen-bond donors (Lipinski definition) is 0. The lowest BCUT2D eigenvalue weighted by Gasteiger charge is -2.56. The Morgan fingerprint density at radius 1 is 1.46 bits per heavy atom. The van der Waals surface area contributed by atoms with Crippen molar-refractivity contribution in [3.05, 3.63) is 23.8 Å². The smallest absolute Gasteiger partial charge is 0.230 e. The molecule has 3 heterocycles. The van der Waals surface area contributed by atoms with Crippen LogP contribution in [0.1, 0.15) is 26.7 Å². The van der Waals surface area contributed by atoms with Crippen molar-refractivity contribution in [1.82, 2.24) is 4.90 Å². The zero-order valence-corrected chi connectivity index (χ0v) is 14.0. The van der Waals surface area contributed by atoms with E-state index >= 15 is 0 Å². The third kappa shape index (κ3) is 1.59. The van der Waals surface area contributed by atoms with Gasteiger partial charge in [0.2, 0.25) is 5.91 Å². The van der Waals surface area contributed by atoms with E-state index in [4.69, 9.17) is 4.74 Å². The molecule has 6 rings (SSSR count). The highest BCUT2D eigenvalue weighted by atomic mass is 16.5. The van der Waals surface area contributed by atoms with Crippen LogP contribution >= 0.6 is 0 Å². The molecule has 6 aliphatic rings. The van der Waals surface area contributed by atoms with Gasteiger partial charge in [0.25, 0.3) is 0 Å². The van der Waals surface area contributed by atoms with Crippen LogP contribution in [-0.2, 0) is 14.3 Å². The maximum absolute atomic E-state index is 12.9. The second kappa shape index (κ2) is 4.31. The number of fused-ring (bicyclic) bond motifs is 2. The third-order valence-corrected chi connectivity index (χ3v) is 7.41. The predicted octanol–water partition coefficient (Wildman–Crippen LogP) is 0.511. The fourth-order valence-corrected chi connectivity index (χ4v) is 5.86. The Kier molecular flexibility index (Phi) is 2.64. The molecule has 24 heavy (non-hydrogen) atoms. The topological polar surface area (TPSA) is 69.7 Å². The van der Waals surface area contributed by atoms with Crippen molar-refractivity contribution in [2.75, 3.05) is 13.1 Å². The van der Waals surface area contributed by atoms with Crippen molar-refractivity contribution >= 4 is 11.9 Å². The van der Waals surface area contributed by atoms with Crippen LogP contribution in [0.2, 0.25) is 0 Å². The quantitative estimate of drug-likeness (QED) is 0.708. The van der Waals surface area contributed by atoms with Crippen molar-refractivity contribution in [2.45, 2.75) is 38.4 Å². The van der Waals surface area contributed by atoms with E-state index in [0.29, 0.717) is 24.4 Å². The highest BCUT2D eigenvalue weighted by Gasteiger charge is 2.65. The first-order chi connectivity index (χ1) is 11.3. The van der Waals surface area contributed by atoms with E-state index < -0.39 is 29.5 Å². The summed E-state index contributed by atoms with van der Waals surface area (Å²) >= 11 is 0. The highest BCUT2D eigenvalue weighted by molar-refractivity contribution is 5.90. The number of hydrogen-bond acceptors (Lipinski definition) is 4. The number of allylic oxidation sites excluding steroid dienone is 1. The Balaban J connectivity index is 1.40. The summed E-state index contributed by atoms with van der Waals surface area (Å²) in [5.74, 6) is -1.42. The maximum Gasteiger partial charge on any atom is 0.230 e. The number of aliphatic carboxylic acids is 1. The number of ether oxygens (including phenoxy) is 1. The number of carboxylic acids is 1. The summed E-state index contributed by atoms with van der Waals surface area (Å²) in [7, 11) is 0. The van der Waals surface area contributed by atoms with Crippen LogP contribution in [0.3, 0.4) is 0 Å². The molecule has 1 saturated carbocycles. The first-order valence-electron chi connectivity index (χ1n) is 8.89. The minimum atomic E-state index is -1.17. The van der Waals surface area contributed by atoms with E-state index in [2.05, 4.69) is 19.9 Å². The van der Waals surface area contributed by atoms with Crippen molar-refractivity contribution in [3.8, 4) is 0 Å². The van der Waals surface area contributed by atoms with Crippen LogP contribution in [0.4, 0.5) is 0 Å². The molecule has 0 aromatic heterocycles. The molecule has 3 fully saturated rings. The lowest BCUT2D eigenvalue weighted by molar-refractivity contribution is -0.313. The zero-order chi connectivity index (χ0) is 16.9. The first kappa shape index (κ1) is 14.7. The van der Waals surface area contributed by atoms with Crippen molar-refractivity contribution < 1.29 is 19.4 Å². The van der Waals surface area contributed by atoms with Crippen LogP contribution in [0, 0.1) is 29.1 Å². The highest BCUT2D eigenvalue weighted by Crippen LogP contribution is 2.59. The molecule has 1 spiro atoms. The normalized spacial score (nSPS) is 46.8. The van der Waals surface area contributed by atoms with Gasteiger partial charge in [-0.15, -0.1) is 0 Å². The van der Waals surface area contributed by atoms with Crippen molar-refractivity contribution in [1.29, 1.82) is 0 Å². The molecular weight excluding hydrogens is 306 g/mol. The number of carbonyl (C=O) groups is 2.